The second-order valence-corrected chi connectivity index (χ2v) is 6.39. The number of aryl methyl sites for hydroxylation is 1. The lowest BCUT2D eigenvalue weighted by atomic mass is 10.0. The number of hydrogen-bond donors (Lipinski definition) is 0. The van der Waals surface area contributed by atoms with Crippen molar-refractivity contribution in [2.24, 2.45) is 0 Å². The molecule has 0 N–H and O–H groups in total. The molecule has 2 atom stereocenters. The molecule has 1 aromatic heterocycles. The first kappa shape index (κ1) is 17.5. The van der Waals surface area contributed by atoms with Gasteiger partial charge in [0.05, 0.1) is 25.0 Å². The molecule has 0 aliphatic carbocycles. The number of amides is 3. The average Bonchev–Trinajstić information content (AvgIpc) is 3.03. The highest BCUT2D eigenvalue weighted by Crippen LogP contribution is 2.24. The number of ether oxygens (including phenoxy) is 1. The van der Waals surface area contributed by atoms with Crippen LogP contribution >= 0.6 is 0 Å². The van der Waals surface area contributed by atoms with Crippen molar-refractivity contribution in [2.75, 3.05) is 39.9 Å². The van der Waals surface area contributed by atoms with E-state index < -0.39 is 12.1 Å². The van der Waals surface area contributed by atoms with Gasteiger partial charge < -0.3 is 23.9 Å². The van der Waals surface area contributed by atoms with E-state index in [1.54, 1.807) is 36.8 Å². The Bertz CT molecular complexity index is 686. The maximum absolute atomic E-state index is 12.8. The third kappa shape index (κ3) is 3.02. The number of nitrogens with zero attached hydrogens (tertiary/aromatic N) is 3. The van der Waals surface area contributed by atoms with Crippen LogP contribution < -0.4 is 0 Å². The van der Waals surface area contributed by atoms with E-state index in [-0.39, 0.29) is 24.3 Å². The minimum absolute atomic E-state index is 0.134. The van der Waals surface area contributed by atoms with Crippen molar-refractivity contribution in [1.29, 1.82) is 0 Å². The highest BCUT2D eigenvalue weighted by atomic mass is 16.5. The zero-order valence-electron chi connectivity index (χ0n) is 14.7. The summed E-state index contributed by atoms with van der Waals surface area (Å²) in [5.41, 5.74) is 0.424. The highest BCUT2D eigenvalue weighted by Gasteiger charge is 2.46. The molecule has 2 aliphatic rings. The molecule has 2 aliphatic heterocycles. The van der Waals surface area contributed by atoms with Crippen LogP contribution in [0, 0.1) is 6.92 Å². The van der Waals surface area contributed by atoms with E-state index in [2.05, 4.69) is 0 Å². The van der Waals surface area contributed by atoms with Crippen LogP contribution in [-0.4, -0.2) is 84.4 Å². The second kappa shape index (κ2) is 6.87. The molecule has 0 saturated carbocycles. The fourth-order valence-corrected chi connectivity index (χ4v) is 3.44. The monoisotopic (exact) mass is 349 g/mol. The van der Waals surface area contributed by atoms with Gasteiger partial charge in [0.1, 0.15) is 17.8 Å². The predicted molar refractivity (Wildman–Crippen MR) is 87.9 cm³/mol. The molecule has 3 heterocycles. The van der Waals surface area contributed by atoms with Crippen molar-refractivity contribution in [2.45, 2.75) is 25.9 Å². The van der Waals surface area contributed by atoms with E-state index in [1.807, 2.05) is 0 Å². The molecule has 136 valence electrons. The average molecular weight is 349 g/mol. The molecule has 2 fully saturated rings. The van der Waals surface area contributed by atoms with Crippen molar-refractivity contribution in [1.82, 2.24) is 14.7 Å². The van der Waals surface area contributed by atoms with Gasteiger partial charge in [0.2, 0.25) is 11.8 Å². The molecular weight excluding hydrogens is 326 g/mol. The summed E-state index contributed by atoms with van der Waals surface area (Å²) in [4.78, 5) is 43.1. The first-order chi connectivity index (χ1) is 12.0. The van der Waals surface area contributed by atoms with Crippen LogP contribution in [0.1, 0.15) is 23.0 Å². The van der Waals surface area contributed by atoms with Crippen LogP contribution in [0.15, 0.2) is 16.7 Å². The third-order valence-electron chi connectivity index (χ3n) is 4.98. The number of carbonyl (C=O) groups is 3. The minimum Gasteiger partial charge on any atom is -0.469 e. The largest absolute Gasteiger partial charge is 0.469 e. The molecule has 1 aromatic rings. The molecule has 8 nitrogen and oxygen atoms in total. The number of hydrogen-bond acceptors (Lipinski definition) is 5. The van der Waals surface area contributed by atoms with Gasteiger partial charge >= 0.3 is 0 Å². The Hall–Kier alpha value is -2.35. The molecule has 25 heavy (non-hydrogen) atoms. The van der Waals surface area contributed by atoms with Gasteiger partial charge in [-0.25, -0.2) is 0 Å². The fourth-order valence-electron chi connectivity index (χ4n) is 3.44. The SMILES string of the molecule is COCCN1CCN2C(=O)[C@H](C)N(C(=O)c3ccoc3C)C[C@H]2C1=O. The topological polar surface area (TPSA) is 83.3 Å². The number of methoxy groups -OCH3 is 1. The number of rotatable bonds is 4. The van der Waals surface area contributed by atoms with Crippen LogP contribution in [0.25, 0.3) is 0 Å². The van der Waals surface area contributed by atoms with Crippen LogP contribution in [0.5, 0.6) is 0 Å². The summed E-state index contributed by atoms with van der Waals surface area (Å²) in [5, 5.41) is 0. The Morgan fingerprint density at radius 1 is 1.32 bits per heavy atom. The summed E-state index contributed by atoms with van der Waals surface area (Å²) in [7, 11) is 1.58. The van der Waals surface area contributed by atoms with Crippen molar-refractivity contribution in [3.63, 3.8) is 0 Å². The van der Waals surface area contributed by atoms with Gasteiger partial charge in [0.25, 0.3) is 5.91 Å². The first-order valence-corrected chi connectivity index (χ1v) is 8.39. The normalized spacial score (nSPS) is 23.9. The summed E-state index contributed by atoms with van der Waals surface area (Å²) in [6, 6.07) is 0.358. The summed E-state index contributed by atoms with van der Waals surface area (Å²) >= 11 is 0. The van der Waals surface area contributed by atoms with E-state index >= 15 is 0 Å². The molecule has 2 saturated heterocycles. The third-order valence-corrected chi connectivity index (χ3v) is 4.98. The second-order valence-electron chi connectivity index (χ2n) is 6.39. The Balaban J connectivity index is 1.82. The van der Waals surface area contributed by atoms with Crippen LogP contribution in [0.2, 0.25) is 0 Å². The molecular formula is C17H23N3O5. The maximum atomic E-state index is 12.8. The van der Waals surface area contributed by atoms with E-state index in [9.17, 15) is 14.4 Å². The molecule has 0 radical (unpaired) electrons. The first-order valence-electron chi connectivity index (χ1n) is 8.39. The van der Waals surface area contributed by atoms with Crippen molar-refractivity contribution < 1.29 is 23.5 Å². The summed E-state index contributed by atoms with van der Waals surface area (Å²) in [6.07, 6.45) is 1.45. The molecule has 0 bridgehead atoms. The Kier molecular flexibility index (Phi) is 4.80. The molecule has 0 unspecified atom stereocenters. The summed E-state index contributed by atoms with van der Waals surface area (Å²) < 4.78 is 10.2. The Labute approximate surface area is 146 Å². The standard InChI is InChI=1S/C17H23N3O5/c1-11-15(21)19-6-5-18(7-9-24-3)17(23)14(19)10-20(11)16(22)13-4-8-25-12(13)2/h4,8,11,14H,5-7,9-10H2,1-3H3/t11-,14-/m0/s1. The lowest BCUT2D eigenvalue weighted by molar-refractivity contribution is -0.160. The summed E-state index contributed by atoms with van der Waals surface area (Å²) in [5.74, 6) is -0.104. The number of fused-ring (bicyclic) bond motifs is 1. The molecule has 3 amide bonds. The van der Waals surface area contributed by atoms with Gasteiger partial charge in [0.15, 0.2) is 0 Å². The Morgan fingerprint density at radius 2 is 2.08 bits per heavy atom. The highest BCUT2D eigenvalue weighted by molar-refractivity contribution is 6.01. The van der Waals surface area contributed by atoms with Crippen molar-refractivity contribution in [3.8, 4) is 0 Å². The number of piperazine rings is 2. The Morgan fingerprint density at radius 3 is 2.72 bits per heavy atom. The van der Waals surface area contributed by atoms with Crippen molar-refractivity contribution >= 4 is 17.7 Å². The smallest absolute Gasteiger partial charge is 0.258 e. The molecule has 3 rings (SSSR count). The van der Waals surface area contributed by atoms with Gasteiger partial charge in [-0.1, -0.05) is 0 Å². The zero-order chi connectivity index (χ0) is 18.1. The van der Waals surface area contributed by atoms with Crippen LogP contribution in [0.4, 0.5) is 0 Å². The van der Waals surface area contributed by atoms with Gasteiger partial charge in [-0.05, 0) is 19.9 Å². The lowest BCUT2D eigenvalue weighted by Gasteiger charge is -2.48. The molecule has 0 aromatic carbocycles. The van der Waals surface area contributed by atoms with E-state index in [4.69, 9.17) is 9.15 Å². The van der Waals surface area contributed by atoms with Crippen LogP contribution in [0.3, 0.4) is 0 Å². The number of carbonyl (C=O) groups excluding carboxylic acids is 3. The van der Waals surface area contributed by atoms with Crippen LogP contribution in [-0.2, 0) is 14.3 Å². The lowest BCUT2D eigenvalue weighted by Crippen LogP contribution is -2.70. The van der Waals surface area contributed by atoms with Gasteiger partial charge in [0, 0.05) is 26.7 Å². The van der Waals surface area contributed by atoms with Crippen molar-refractivity contribution in [3.05, 3.63) is 23.7 Å². The zero-order valence-corrected chi connectivity index (χ0v) is 14.7. The van der Waals surface area contributed by atoms with E-state index in [1.165, 1.54) is 11.2 Å². The van der Waals surface area contributed by atoms with E-state index in [0.29, 0.717) is 37.6 Å². The minimum atomic E-state index is -0.634. The summed E-state index contributed by atoms with van der Waals surface area (Å²) in [6.45, 7) is 5.50. The maximum Gasteiger partial charge on any atom is 0.258 e. The molecule has 8 heteroatoms. The van der Waals surface area contributed by atoms with Gasteiger partial charge in [-0.2, -0.15) is 0 Å². The number of furan rings is 1. The van der Waals surface area contributed by atoms with Gasteiger partial charge in [-0.3, -0.25) is 14.4 Å². The fraction of sp³-hybridized carbons (Fsp3) is 0.588. The molecule has 0 spiro atoms. The quantitative estimate of drug-likeness (QED) is 0.771. The van der Waals surface area contributed by atoms with Gasteiger partial charge in [-0.15, -0.1) is 0 Å². The predicted octanol–water partition coefficient (Wildman–Crippen LogP) is 0.118. The van der Waals surface area contributed by atoms with E-state index in [0.717, 1.165) is 0 Å².